The van der Waals surface area contributed by atoms with Crippen molar-refractivity contribution in [3.05, 3.63) is 0 Å². The molecule has 0 aromatic carbocycles. The van der Waals surface area contributed by atoms with Crippen molar-refractivity contribution in [1.29, 1.82) is 0 Å². The fourth-order valence-corrected chi connectivity index (χ4v) is 2.17. The minimum absolute atomic E-state index is 0.159. The summed E-state index contributed by atoms with van der Waals surface area (Å²) in [6.07, 6.45) is 3.28. The average molecular weight is 256 g/mol. The molecule has 1 amide bonds. The number of hydrogen-bond acceptors (Lipinski definition) is 3. The largest absolute Gasteiger partial charge is 0.444 e. The monoisotopic (exact) mass is 256 g/mol. The second-order valence-corrected chi connectivity index (χ2v) is 6.50. The third kappa shape index (κ3) is 5.71. The number of carbonyl (C=O) groups excluding carboxylic acids is 1. The highest BCUT2D eigenvalue weighted by atomic mass is 16.6. The summed E-state index contributed by atoms with van der Waals surface area (Å²) < 4.78 is 5.39. The van der Waals surface area contributed by atoms with Crippen LogP contribution in [0, 0.1) is 5.92 Å². The van der Waals surface area contributed by atoms with E-state index in [1.54, 1.807) is 0 Å². The smallest absolute Gasteiger partial charge is 0.410 e. The van der Waals surface area contributed by atoms with Gasteiger partial charge in [-0.3, -0.25) is 0 Å². The first-order chi connectivity index (χ1) is 8.28. The van der Waals surface area contributed by atoms with Gasteiger partial charge in [0.25, 0.3) is 0 Å². The van der Waals surface area contributed by atoms with Crippen LogP contribution in [-0.4, -0.2) is 55.2 Å². The number of amides is 1. The summed E-state index contributed by atoms with van der Waals surface area (Å²) in [7, 11) is 4.21. The van der Waals surface area contributed by atoms with E-state index in [2.05, 4.69) is 19.0 Å². The lowest BCUT2D eigenvalue weighted by molar-refractivity contribution is 0.0179. The van der Waals surface area contributed by atoms with E-state index >= 15 is 0 Å². The topological polar surface area (TPSA) is 32.8 Å². The summed E-state index contributed by atoms with van der Waals surface area (Å²) in [6.45, 7) is 8.55. The first-order valence-electron chi connectivity index (χ1n) is 6.90. The Morgan fingerprint density at radius 1 is 1.28 bits per heavy atom. The molecule has 0 unspecified atom stereocenters. The van der Waals surface area contributed by atoms with Crippen molar-refractivity contribution in [2.24, 2.45) is 5.92 Å². The average Bonchev–Trinajstić information content (AvgIpc) is 2.24. The Kier molecular flexibility index (Phi) is 5.45. The molecule has 0 bridgehead atoms. The minimum atomic E-state index is -0.390. The molecule has 1 heterocycles. The van der Waals surface area contributed by atoms with Gasteiger partial charge in [-0.15, -0.1) is 0 Å². The van der Waals surface area contributed by atoms with Crippen LogP contribution in [0.2, 0.25) is 0 Å². The quantitative estimate of drug-likeness (QED) is 0.778. The molecular formula is C14H28N2O2. The highest BCUT2D eigenvalue weighted by Gasteiger charge is 2.26. The standard InChI is InChI=1S/C14H28N2O2/c1-14(2,3)18-13(17)16-10-7-12(8-11-16)6-9-15(4)5/h12H,6-11H2,1-5H3. The zero-order valence-corrected chi connectivity index (χ0v) is 12.5. The van der Waals surface area contributed by atoms with Gasteiger partial charge in [0.05, 0.1) is 0 Å². The zero-order valence-electron chi connectivity index (χ0n) is 12.5. The van der Waals surface area contributed by atoms with E-state index in [0.717, 1.165) is 38.4 Å². The molecule has 0 aliphatic carbocycles. The van der Waals surface area contributed by atoms with Gasteiger partial charge in [-0.1, -0.05) is 0 Å². The Labute approximate surface area is 111 Å². The van der Waals surface area contributed by atoms with E-state index in [-0.39, 0.29) is 6.09 Å². The van der Waals surface area contributed by atoms with E-state index in [1.165, 1.54) is 6.42 Å². The zero-order chi connectivity index (χ0) is 13.8. The van der Waals surface area contributed by atoms with Gasteiger partial charge in [-0.05, 0) is 66.6 Å². The van der Waals surface area contributed by atoms with Crippen LogP contribution in [0.15, 0.2) is 0 Å². The summed E-state index contributed by atoms with van der Waals surface area (Å²) in [4.78, 5) is 15.9. The lowest BCUT2D eigenvalue weighted by Gasteiger charge is -2.33. The number of ether oxygens (including phenoxy) is 1. The molecule has 0 atom stereocenters. The number of piperidine rings is 1. The van der Waals surface area contributed by atoms with Crippen LogP contribution in [0.5, 0.6) is 0 Å². The van der Waals surface area contributed by atoms with Crippen molar-refractivity contribution in [2.75, 3.05) is 33.7 Å². The molecule has 18 heavy (non-hydrogen) atoms. The van der Waals surface area contributed by atoms with Crippen LogP contribution in [0.1, 0.15) is 40.0 Å². The number of hydrogen-bond donors (Lipinski definition) is 0. The summed E-state index contributed by atoms with van der Waals surface area (Å²) >= 11 is 0. The lowest BCUT2D eigenvalue weighted by Crippen LogP contribution is -2.42. The van der Waals surface area contributed by atoms with Crippen molar-refractivity contribution in [1.82, 2.24) is 9.80 Å². The molecule has 0 aromatic rings. The van der Waals surface area contributed by atoms with Gasteiger partial charge >= 0.3 is 6.09 Å². The molecule has 106 valence electrons. The van der Waals surface area contributed by atoms with Crippen LogP contribution < -0.4 is 0 Å². The fourth-order valence-electron chi connectivity index (χ4n) is 2.17. The maximum atomic E-state index is 11.9. The van der Waals surface area contributed by atoms with Crippen LogP contribution in [0.25, 0.3) is 0 Å². The third-order valence-electron chi connectivity index (χ3n) is 3.25. The number of likely N-dealkylation sites (tertiary alicyclic amines) is 1. The second-order valence-electron chi connectivity index (χ2n) is 6.50. The fraction of sp³-hybridized carbons (Fsp3) is 0.929. The predicted octanol–water partition coefficient (Wildman–Crippen LogP) is 2.59. The summed E-state index contributed by atoms with van der Waals surface area (Å²) in [6, 6.07) is 0. The summed E-state index contributed by atoms with van der Waals surface area (Å²) in [5.41, 5.74) is -0.390. The number of rotatable bonds is 3. The second kappa shape index (κ2) is 6.41. The van der Waals surface area contributed by atoms with Gasteiger partial charge in [0, 0.05) is 13.1 Å². The number of carbonyl (C=O) groups is 1. The van der Waals surface area contributed by atoms with E-state index < -0.39 is 5.60 Å². The van der Waals surface area contributed by atoms with Crippen molar-refractivity contribution >= 4 is 6.09 Å². The first kappa shape index (κ1) is 15.3. The maximum absolute atomic E-state index is 11.9. The Hall–Kier alpha value is -0.770. The highest BCUT2D eigenvalue weighted by Crippen LogP contribution is 2.22. The SMILES string of the molecule is CN(C)CCC1CCN(C(=O)OC(C)(C)C)CC1. The van der Waals surface area contributed by atoms with E-state index in [9.17, 15) is 4.79 Å². The molecule has 1 aliphatic heterocycles. The maximum Gasteiger partial charge on any atom is 0.410 e. The normalized spacial score (nSPS) is 18.2. The van der Waals surface area contributed by atoms with Crippen LogP contribution in [0.4, 0.5) is 4.79 Å². The lowest BCUT2D eigenvalue weighted by atomic mass is 9.93. The predicted molar refractivity (Wildman–Crippen MR) is 73.7 cm³/mol. The molecule has 1 rings (SSSR count). The minimum Gasteiger partial charge on any atom is -0.444 e. The Morgan fingerprint density at radius 2 is 1.83 bits per heavy atom. The molecule has 4 heteroatoms. The van der Waals surface area contributed by atoms with Gasteiger partial charge in [0.15, 0.2) is 0 Å². The Balaban J connectivity index is 2.28. The van der Waals surface area contributed by atoms with Crippen molar-refractivity contribution in [3.63, 3.8) is 0 Å². The van der Waals surface area contributed by atoms with Gasteiger partial charge in [0.2, 0.25) is 0 Å². The molecule has 4 nitrogen and oxygen atoms in total. The van der Waals surface area contributed by atoms with Crippen LogP contribution >= 0.6 is 0 Å². The van der Waals surface area contributed by atoms with E-state index in [1.807, 2.05) is 25.7 Å². The summed E-state index contributed by atoms with van der Waals surface area (Å²) in [5.74, 6) is 0.756. The van der Waals surface area contributed by atoms with Crippen molar-refractivity contribution < 1.29 is 9.53 Å². The van der Waals surface area contributed by atoms with Crippen molar-refractivity contribution in [2.45, 2.75) is 45.6 Å². The van der Waals surface area contributed by atoms with Crippen molar-refractivity contribution in [3.8, 4) is 0 Å². The van der Waals surface area contributed by atoms with Crippen LogP contribution in [0.3, 0.4) is 0 Å². The van der Waals surface area contributed by atoms with E-state index in [0.29, 0.717) is 0 Å². The van der Waals surface area contributed by atoms with Crippen LogP contribution in [-0.2, 0) is 4.74 Å². The first-order valence-corrected chi connectivity index (χ1v) is 6.90. The Morgan fingerprint density at radius 3 is 2.28 bits per heavy atom. The molecule has 0 saturated carbocycles. The van der Waals surface area contributed by atoms with Gasteiger partial charge in [0.1, 0.15) is 5.60 Å². The van der Waals surface area contributed by atoms with E-state index in [4.69, 9.17) is 4.74 Å². The Bertz CT molecular complexity index is 263. The van der Waals surface area contributed by atoms with Gasteiger partial charge in [-0.2, -0.15) is 0 Å². The molecule has 0 N–H and O–H groups in total. The molecule has 0 aromatic heterocycles. The van der Waals surface area contributed by atoms with Gasteiger partial charge < -0.3 is 14.5 Å². The molecule has 1 aliphatic rings. The highest BCUT2D eigenvalue weighted by molar-refractivity contribution is 5.68. The molecule has 0 spiro atoms. The molecular weight excluding hydrogens is 228 g/mol. The molecule has 1 saturated heterocycles. The molecule has 0 radical (unpaired) electrons. The summed E-state index contributed by atoms with van der Waals surface area (Å²) in [5, 5.41) is 0. The third-order valence-corrected chi connectivity index (χ3v) is 3.25. The molecule has 1 fully saturated rings. The number of nitrogens with zero attached hydrogens (tertiary/aromatic N) is 2. The van der Waals surface area contributed by atoms with Gasteiger partial charge in [-0.25, -0.2) is 4.79 Å².